The average Bonchev–Trinajstić information content (AvgIpc) is 3.41. The number of carbonyl (C=O) groups excluding carboxylic acids is 2. The van der Waals surface area contributed by atoms with E-state index in [9.17, 15) is 22.8 Å². The van der Waals surface area contributed by atoms with Gasteiger partial charge in [-0.05, 0) is 55.5 Å². The highest BCUT2D eigenvalue weighted by Crippen LogP contribution is 2.31. The van der Waals surface area contributed by atoms with Gasteiger partial charge in [0.2, 0.25) is 5.91 Å². The fourth-order valence-corrected chi connectivity index (χ4v) is 4.12. The summed E-state index contributed by atoms with van der Waals surface area (Å²) in [5.74, 6) is -2.86. The van der Waals surface area contributed by atoms with Crippen LogP contribution in [0.1, 0.15) is 28.7 Å². The smallest absolute Gasteiger partial charge is 0.230 e. The highest BCUT2D eigenvalue weighted by molar-refractivity contribution is 7.14. The Morgan fingerprint density at radius 1 is 1.06 bits per heavy atom. The van der Waals surface area contributed by atoms with Crippen molar-refractivity contribution < 1.29 is 22.8 Å². The molecule has 0 aliphatic carbocycles. The molecular formula is C24H17F3N4O2S. The molecule has 0 N–H and O–H groups in total. The van der Waals surface area contributed by atoms with Crippen LogP contribution in [0, 0.1) is 24.4 Å². The maximum Gasteiger partial charge on any atom is 0.230 e. The van der Waals surface area contributed by atoms with Gasteiger partial charge in [-0.3, -0.25) is 14.5 Å². The normalized spacial score (nSPS) is 11.2. The minimum absolute atomic E-state index is 0.126. The number of rotatable bonds is 6. The van der Waals surface area contributed by atoms with E-state index in [2.05, 4.69) is 10.1 Å². The number of hydrogen-bond donors (Lipinski definition) is 0. The molecule has 0 aliphatic heterocycles. The molecule has 0 bridgehead atoms. The van der Waals surface area contributed by atoms with Crippen molar-refractivity contribution in [2.45, 2.75) is 13.8 Å². The Morgan fingerprint density at radius 2 is 1.76 bits per heavy atom. The summed E-state index contributed by atoms with van der Waals surface area (Å²) in [5, 5.41) is 5.98. The van der Waals surface area contributed by atoms with Gasteiger partial charge < -0.3 is 0 Å². The van der Waals surface area contributed by atoms with E-state index in [1.54, 1.807) is 24.4 Å². The molecule has 2 aromatic carbocycles. The van der Waals surface area contributed by atoms with Crippen LogP contribution in [0.15, 0.2) is 60.1 Å². The van der Waals surface area contributed by atoms with Gasteiger partial charge in [-0.25, -0.2) is 22.8 Å². The predicted molar refractivity (Wildman–Crippen MR) is 123 cm³/mol. The average molecular weight is 482 g/mol. The third-order valence-electron chi connectivity index (χ3n) is 4.92. The van der Waals surface area contributed by atoms with Gasteiger partial charge in [0.15, 0.2) is 10.9 Å². The molecule has 4 aromatic rings. The van der Waals surface area contributed by atoms with Crippen LogP contribution in [0.4, 0.5) is 24.0 Å². The van der Waals surface area contributed by atoms with E-state index in [1.807, 2.05) is 0 Å². The zero-order chi connectivity index (χ0) is 24.4. The number of amides is 1. The SMILES string of the molecule is CC(=O)N(c1nc(C=CC(=O)c2cnn(-c3ccc(F)cc3)c2C)cs1)c1ccc(F)cc1F. The summed E-state index contributed by atoms with van der Waals surface area (Å²) in [6.07, 6.45) is 4.21. The minimum Gasteiger partial charge on any atom is -0.289 e. The van der Waals surface area contributed by atoms with Gasteiger partial charge in [-0.15, -0.1) is 11.3 Å². The molecule has 0 atom stereocenters. The highest BCUT2D eigenvalue weighted by atomic mass is 32.1. The second kappa shape index (κ2) is 9.44. The van der Waals surface area contributed by atoms with Crippen molar-refractivity contribution in [3.05, 3.63) is 94.5 Å². The number of anilines is 2. The summed E-state index contributed by atoms with van der Waals surface area (Å²) in [5.41, 5.74) is 1.80. The lowest BCUT2D eigenvalue weighted by molar-refractivity contribution is -0.115. The van der Waals surface area contributed by atoms with E-state index >= 15 is 0 Å². The third kappa shape index (κ3) is 4.67. The lowest BCUT2D eigenvalue weighted by Gasteiger charge is -2.18. The zero-order valence-electron chi connectivity index (χ0n) is 18.0. The van der Waals surface area contributed by atoms with Gasteiger partial charge in [-0.1, -0.05) is 0 Å². The first kappa shape index (κ1) is 23.1. The Labute approximate surface area is 196 Å². The number of benzene rings is 2. The van der Waals surface area contributed by atoms with Crippen molar-refractivity contribution in [2.24, 2.45) is 0 Å². The van der Waals surface area contributed by atoms with Crippen LogP contribution in [0.25, 0.3) is 11.8 Å². The van der Waals surface area contributed by atoms with Crippen molar-refractivity contribution in [3.63, 3.8) is 0 Å². The van der Waals surface area contributed by atoms with Crippen molar-refractivity contribution in [1.82, 2.24) is 14.8 Å². The Kier molecular flexibility index (Phi) is 6.42. The number of aromatic nitrogens is 3. The molecule has 0 saturated heterocycles. The van der Waals surface area contributed by atoms with Crippen LogP contribution in [0.3, 0.4) is 0 Å². The first-order valence-corrected chi connectivity index (χ1v) is 10.9. The molecule has 2 heterocycles. The second-order valence-electron chi connectivity index (χ2n) is 7.23. The molecule has 0 aliphatic rings. The fraction of sp³-hybridized carbons (Fsp3) is 0.0833. The van der Waals surface area contributed by atoms with Crippen molar-refractivity contribution in [1.29, 1.82) is 0 Å². The minimum atomic E-state index is -0.897. The summed E-state index contributed by atoms with van der Waals surface area (Å²) in [4.78, 5) is 30.2. The standard InChI is InChI=1S/C24H17F3N4O2S/c1-14-20(12-28-31(14)19-7-3-16(25)4-8-19)23(33)10-6-18-13-34-24(29-18)30(15(2)32)22-9-5-17(26)11-21(22)27/h3-13H,1-2H3. The van der Waals surface area contributed by atoms with Gasteiger partial charge in [-0.2, -0.15) is 5.10 Å². The monoisotopic (exact) mass is 482 g/mol. The molecule has 10 heteroatoms. The first-order valence-electron chi connectivity index (χ1n) is 9.99. The number of nitrogens with zero attached hydrogens (tertiary/aromatic N) is 4. The molecule has 0 spiro atoms. The lowest BCUT2D eigenvalue weighted by atomic mass is 10.1. The van der Waals surface area contributed by atoms with Crippen LogP contribution in [0.5, 0.6) is 0 Å². The predicted octanol–water partition coefficient (Wildman–Crippen LogP) is 5.64. The van der Waals surface area contributed by atoms with E-state index in [1.165, 1.54) is 42.1 Å². The molecule has 172 valence electrons. The molecule has 0 saturated carbocycles. The molecular weight excluding hydrogens is 465 g/mol. The van der Waals surface area contributed by atoms with Gasteiger partial charge in [0, 0.05) is 18.4 Å². The number of ketones is 1. The number of carbonyl (C=O) groups is 2. The van der Waals surface area contributed by atoms with Crippen LogP contribution in [-0.2, 0) is 4.79 Å². The number of hydrogen-bond acceptors (Lipinski definition) is 5. The van der Waals surface area contributed by atoms with Crippen molar-refractivity contribution >= 4 is 39.9 Å². The van der Waals surface area contributed by atoms with E-state index in [-0.39, 0.29) is 22.4 Å². The van der Waals surface area contributed by atoms with E-state index in [0.29, 0.717) is 28.7 Å². The molecule has 34 heavy (non-hydrogen) atoms. The van der Waals surface area contributed by atoms with Gasteiger partial charge in [0.25, 0.3) is 0 Å². The molecule has 4 rings (SSSR count). The van der Waals surface area contributed by atoms with Gasteiger partial charge in [0.1, 0.15) is 17.5 Å². The largest absolute Gasteiger partial charge is 0.289 e. The van der Waals surface area contributed by atoms with E-state index in [4.69, 9.17) is 0 Å². The number of thiazole rings is 1. The molecule has 2 aromatic heterocycles. The summed E-state index contributed by atoms with van der Waals surface area (Å²) in [7, 11) is 0. The summed E-state index contributed by atoms with van der Waals surface area (Å²) >= 11 is 1.07. The molecule has 1 amide bonds. The Bertz CT molecular complexity index is 1410. The van der Waals surface area contributed by atoms with Crippen molar-refractivity contribution in [2.75, 3.05) is 4.90 Å². The summed E-state index contributed by atoms with van der Waals surface area (Å²) in [6, 6.07) is 8.62. The van der Waals surface area contributed by atoms with Gasteiger partial charge in [0.05, 0.1) is 34.5 Å². The molecule has 0 unspecified atom stereocenters. The van der Waals surface area contributed by atoms with Crippen molar-refractivity contribution in [3.8, 4) is 5.69 Å². The molecule has 0 radical (unpaired) electrons. The van der Waals surface area contributed by atoms with E-state index < -0.39 is 17.5 Å². The first-order chi connectivity index (χ1) is 16.2. The second-order valence-corrected chi connectivity index (χ2v) is 8.07. The Balaban J connectivity index is 1.55. The molecule has 0 fully saturated rings. The molecule has 6 nitrogen and oxygen atoms in total. The maximum absolute atomic E-state index is 14.2. The lowest BCUT2D eigenvalue weighted by Crippen LogP contribution is -2.23. The van der Waals surface area contributed by atoms with Crippen LogP contribution >= 0.6 is 11.3 Å². The maximum atomic E-state index is 14.2. The Hall–Kier alpha value is -4.05. The summed E-state index contributed by atoms with van der Waals surface area (Å²) < 4.78 is 42.2. The van der Waals surface area contributed by atoms with Gasteiger partial charge >= 0.3 is 0 Å². The third-order valence-corrected chi connectivity index (χ3v) is 5.76. The van der Waals surface area contributed by atoms with Crippen LogP contribution in [0.2, 0.25) is 0 Å². The van der Waals surface area contributed by atoms with Crippen LogP contribution < -0.4 is 4.90 Å². The number of halogens is 3. The Morgan fingerprint density at radius 3 is 2.44 bits per heavy atom. The number of allylic oxidation sites excluding steroid dienone is 1. The van der Waals surface area contributed by atoms with E-state index in [0.717, 1.165) is 28.4 Å². The summed E-state index contributed by atoms with van der Waals surface area (Å²) in [6.45, 7) is 2.96. The topological polar surface area (TPSA) is 68.1 Å². The quantitative estimate of drug-likeness (QED) is 0.264. The zero-order valence-corrected chi connectivity index (χ0v) is 18.8. The highest BCUT2D eigenvalue weighted by Gasteiger charge is 2.21. The fourth-order valence-electron chi connectivity index (χ4n) is 3.27. The van der Waals surface area contributed by atoms with Crippen LogP contribution in [-0.4, -0.2) is 26.5 Å².